The van der Waals surface area contributed by atoms with Crippen molar-refractivity contribution in [3.8, 4) is 17.1 Å². The molecule has 0 aliphatic rings. The minimum Gasteiger partial charge on any atom is -0.497 e. The Morgan fingerprint density at radius 2 is 2.04 bits per heavy atom. The number of hydrogen-bond donors (Lipinski definition) is 1. The van der Waals surface area contributed by atoms with Crippen LogP contribution in [-0.4, -0.2) is 18.0 Å². The lowest BCUT2D eigenvalue weighted by molar-refractivity contribution is 0.0947. The lowest BCUT2D eigenvalue weighted by Gasteiger charge is -2.06. The molecule has 1 aromatic heterocycles. The summed E-state index contributed by atoms with van der Waals surface area (Å²) in [5.74, 6) is 0.887. The van der Waals surface area contributed by atoms with Crippen LogP contribution in [0.2, 0.25) is 0 Å². The quantitative estimate of drug-likeness (QED) is 0.718. The standard InChI is InChI=1S/C18H15BrN2O3/c1-23-15-7-5-13(6-8-15)17-16(21-11-24-17)18(22)20-10-12-3-2-4-14(19)9-12/h2-9,11H,10H2,1H3,(H,20,22). The van der Waals surface area contributed by atoms with E-state index in [2.05, 4.69) is 26.2 Å². The zero-order valence-corrected chi connectivity index (χ0v) is 14.5. The van der Waals surface area contributed by atoms with Gasteiger partial charge in [0, 0.05) is 16.6 Å². The molecule has 3 rings (SSSR count). The van der Waals surface area contributed by atoms with E-state index in [1.165, 1.54) is 6.39 Å². The molecule has 0 saturated carbocycles. The molecule has 0 aliphatic carbocycles. The maximum Gasteiger partial charge on any atom is 0.274 e. The van der Waals surface area contributed by atoms with E-state index in [-0.39, 0.29) is 11.6 Å². The van der Waals surface area contributed by atoms with Gasteiger partial charge in [0.2, 0.25) is 0 Å². The van der Waals surface area contributed by atoms with E-state index in [0.29, 0.717) is 12.3 Å². The van der Waals surface area contributed by atoms with Crippen molar-refractivity contribution in [3.63, 3.8) is 0 Å². The van der Waals surface area contributed by atoms with Crippen molar-refractivity contribution in [2.45, 2.75) is 6.54 Å². The highest BCUT2D eigenvalue weighted by atomic mass is 79.9. The van der Waals surface area contributed by atoms with E-state index >= 15 is 0 Å². The number of carbonyl (C=O) groups excluding carboxylic acids is 1. The summed E-state index contributed by atoms with van der Waals surface area (Å²) in [6, 6.07) is 15.0. The van der Waals surface area contributed by atoms with Crippen LogP contribution in [0.3, 0.4) is 0 Å². The van der Waals surface area contributed by atoms with Gasteiger partial charge >= 0.3 is 0 Å². The average molecular weight is 387 g/mol. The molecule has 0 spiro atoms. The fourth-order valence-corrected chi connectivity index (χ4v) is 2.71. The van der Waals surface area contributed by atoms with Crippen molar-refractivity contribution in [2.75, 3.05) is 7.11 Å². The summed E-state index contributed by atoms with van der Waals surface area (Å²) in [5.41, 5.74) is 2.02. The van der Waals surface area contributed by atoms with Gasteiger partial charge in [-0.15, -0.1) is 0 Å². The van der Waals surface area contributed by atoms with Gasteiger partial charge in [-0.25, -0.2) is 4.98 Å². The van der Waals surface area contributed by atoms with Crippen LogP contribution in [0.4, 0.5) is 0 Å². The average Bonchev–Trinajstić information content (AvgIpc) is 3.09. The molecular weight excluding hydrogens is 372 g/mol. The fraction of sp³-hybridized carbons (Fsp3) is 0.111. The number of nitrogens with one attached hydrogen (secondary N) is 1. The normalized spacial score (nSPS) is 10.4. The van der Waals surface area contributed by atoms with Gasteiger partial charge in [-0.2, -0.15) is 0 Å². The molecule has 5 nitrogen and oxygen atoms in total. The zero-order chi connectivity index (χ0) is 16.9. The topological polar surface area (TPSA) is 64.4 Å². The number of amides is 1. The van der Waals surface area contributed by atoms with Gasteiger partial charge in [-0.05, 0) is 42.0 Å². The first-order valence-corrected chi connectivity index (χ1v) is 8.07. The van der Waals surface area contributed by atoms with E-state index in [1.54, 1.807) is 19.2 Å². The van der Waals surface area contributed by atoms with Crippen LogP contribution in [0.15, 0.2) is 63.8 Å². The van der Waals surface area contributed by atoms with Gasteiger partial charge in [0.25, 0.3) is 5.91 Å². The van der Waals surface area contributed by atoms with Gasteiger partial charge in [0.05, 0.1) is 7.11 Å². The molecule has 0 fully saturated rings. The van der Waals surface area contributed by atoms with E-state index in [4.69, 9.17) is 9.15 Å². The number of methoxy groups -OCH3 is 1. The number of carbonyl (C=O) groups is 1. The first-order valence-electron chi connectivity index (χ1n) is 7.28. The van der Waals surface area contributed by atoms with E-state index < -0.39 is 0 Å². The fourth-order valence-electron chi connectivity index (χ4n) is 2.27. The molecule has 122 valence electrons. The minimum absolute atomic E-state index is 0.259. The van der Waals surface area contributed by atoms with Crippen LogP contribution in [0.5, 0.6) is 5.75 Å². The number of oxazole rings is 1. The van der Waals surface area contributed by atoms with Crippen molar-refractivity contribution in [3.05, 3.63) is 70.7 Å². The molecule has 0 radical (unpaired) electrons. The molecular formula is C18H15BrN2O3. The first-order chi connectivity index (χ1) is 11.7. The number of aromatic nitrogens is 1. The van der Waals surface area contributed by atoms with Gasteiger partial charge in [-0.1, -0.05) is 28.1 Å². The lowest BCUT2D eigenvalue weighted by atomic mass is 10.1. The Labute approximate surface area is 147 Å². The summed E-state index contributed by atoms with van der Waals surface area (Å²) >= 11 is 3.41. The Hall–Kier alpha value is -2.60. The van der Waals surface area contributed by atoms with Gasteiger partial charge < -0.3 is 14.5 Å². The third-order valence-corrected chi connectivity index (χ3v) is 3.97. The molecule has 1 N–H and O–H groups in total. The van der Waals surface area contributed by atoms with Crippen molar-refractivity contribution < 1.29 is 13.9 Å². The molecule has 0 saturated heterocycles. The molecule has 2 aromatic carbocycles. The number of nitrogens with zero attached hydrogens (tertiary/aromatic N) is 1. The molecule has 1 heterocycles. The highest BCUT2D eigenvalue weighted by Gasteiger charge is 2.18. The number of rotatable bonds is 5. The number of ether oxygens (including phenoxy) is 1. The second-order valence-corrected chi connectivity index (χ2v) is 5.99. The lowest BCUT2D eigenvalue weighted by Crippen LogP contribution is -2.23. The number of hydrogen-bond acceptors (Lipinski definition) is 4. The molecule has 0 bridgehead atoms. The molecule has 1 amide bonds. The molecule has 0 aliphatic heterocycles. The van der Waals surface area contributed by atoms with Gasteiger partial charge in [-0.3, -0.25) is 4.79 Å². The van der Waals surface area contributed by atoms with Crippen LogP contribution in [0.25, 0.3) is 11.3 Å². The van der Waals surface area contributed by atoms with E-state index in [9.17, 15) is 4.79 Å². The summed E-state index contributed by atoms with van der Waals surface area (Å²) in [7, 11) is 1.60. The first kappa shape index (κ1) is 16.3. The second-order valence-electron chi connectivity index (χ2n) is 5.07. The summed E-state index contributed by atoms with van der Waals surface area (Å²) in [5, 5.41) is 2.85. The van der Waals surface area contributed by atoms with E-state index in [0.717, 1.165) is 21.3 Å². The Bertz CT molecular complexity index is 843. The monoisotopic (exact) mass is 386 g/mol. The Morgan fingerprint density at radius 3 is 2.75 bits per heavy atom. The smallest absolute Gasteiger partial charge is 0.274 e. The summed E-state index contributed by atoms with van der Waals surface area (Å²) < 4.78 is 11.5. The maximum absolute atomic E-state index is 12.4. The zero-order valence-electron chi connectivity index (χ0n) is 13.0. The van der Waals surface area contributed by atoms with Crippen molar-refractivity contribution in [1.82, 2.24) is 10.3 Å². The van der Waals surface area contributed by atoms with Crippen LogP contribution in [-0.2, 0) is 6.54 Å². The Morgan fingerprint density at radius 1 is 1.25 bits per heavy atom. The van der Waals surface area contributed by atoms with Crippen LogP contribution in [0, 0.1) is 0 Å². The number of halogens is 1. The number of benzene rings is 2. The second kappa shape index (κ2) is 7.31. The summed E-state index contributed by atoms with van der Waals surface area (Å²) in [4.78, 5) is 16.5. The molecule has 6 heteroatoms. The molecule has 0 atom stereocenters. The van der Waals surface area contributed by atoms with Crippen LogP contribution >= 0.6 is 15.9 Å². The van der Waals surface area contributed by atoms with Gasteiger partial charge in [0.1, 0.15) is 5.75 Å². The van der Waals surface area contributed by atoms with Crippen molar-refractivity contribution in [2.24, 2.45) is 0 Å². The third-order valence-electron chi connectivity index (χ3n) is 3.48. The molecule has 3 aromatic rings. The van der Waals surface area contributed by atoms with E-state index in [1.807, 2.05) is 36.4 Å². The molecule has 24 heavy (non-hydrogen) atoms. The van der Waals surface area contributed by atoms with Gasteiger partial charge in [0.15, 0.2) is 17.8 Å². The molecule has 0 unspecified atom stereocenters. The van der Waals surface area contributed by atoms with Crippen molar-refractivity contribution in [1.29, 1.82) is 0 Å². The van der Waals surface area contributed by atoms with Crippen LogP contribution in [0.1, 0.15) is 16.1 Å². The predicted molar refractivity (Wildman–Crippen MR) is 93.8 cm³/mol. The largest absolute Gasteiger partial charge is 0.497 e. The highest BCUT2D eigenvalue weighted by Crippen LogP contribution is 2.25. The third kappa shape index (κ3) is 3.65. The minimum atomic E-state index is -0.283. The Balaban J connectivity index is 1.75. The predicted octanol–water partition coefficient (Wildman–Crippen LogP) is 4.04. The highest BCUT2D eigenvalue weighted by molar-refractivity contribution is 9.10. The van der Waals surface area contributed by atoms with Crippen molar-refractivity contribution >= 4 is 21.8 Å². The van der Waals surface area contributed by atoms with Crippen LogP contribution < -0.4 is 10.1 Å². The summed E-state index contributed by atoms with van der Waals surface area (Å²) in [6.07, 6.45) is 1.27. The summed E-state index contributed by atoms with van der Waals surface area (Å²) in [6.45, 7) is 0.410. The maximum atomic E-state index is 12.4. The Kier molecular flexibility index (Phi) is 4.96. The SMILES string of the molecule is COc1ccc(-c2ocnc2C(=O)NCc2cccc(Br)c2)cc1.